The van der Waals surface area contributed by atoms with Crippen LogP contribution in [-0.4, -0.2) is 31.7 Å². The fourth-order valence-corrected chi connectivity index (χ4v) is 5.22. The summed E-state index contributed by atoms with van der Waals surface area (Å²) < 4.78 is 27.6. The van der Waals surface area contributed by atoms with Crippen molar-refractivity contribution in [3.8, 4) is 0 Å². The lowest BCUT2D eigenvalue weighted by Crippen LogP contribution is -2.32. The van der Waals surface area contributed by atoms with E-state index in [4.69, 9.17) is 0 Å². The summed E-state index contributed by atoms with van der Waals surface area (Å²) in [6, 6.07) is 16.2. The Hall–Kier alpha value is -2.18. The van der Waals surface area contributed by atoms with E-state index in [0.29, 0.717) is 25.2 Å². The van der Waals surface area contributed by atoms with Crippen LogP contribution in [0.5, 0.6) is 0 Å². The van der Waals surface area contributed by atoms with Crippen molar-refractivity contribution in [3.05, 3.63) is 60.2 Å². The van der Waals surface area contributed by atoms with Gasteiger partial charge in [-0.05, 0) is 43.0 Å². The molecular weight excluding hydrogens is 372 g/mol. The van der Waals surface area contributed by atoms with Gasteiger partial charge < -0.3 is 5.32 Å². The van der Waals surface area contributed by atoms with E-state index in [2.05, 4.69) is 5.32 Å². The molecule has 5 nitrogen and oxygen atoms in total. The Morgan fingerprint density at radius 1 is 1.00 bits per heavy atom. The van der Waals surface area contributed by atoms with Crippen molar-refractivity contribution in [2.45, 2.75) is 49.8 Å². The molecule has 1 aliphatic heterocycles. The largest absolute Gasteiger partial charge is 0.326 e. The van der Waals surface area contributed by atoms with E-state index in [-0.39, 0.29) is 16.7 Å². The summed E-state index contributed by atoms with van der Waals surface area (Å²) in [5, 5.41) is 2.90. The van der Waals surface area contributed by atoms with Crippen LogP contribution in [0.4, 0.5) is 5.69 Å². The number of benzene rings is 2. The van der Waals surface area contributed by atoms with Crippen LogP contribution in [-0.2, 0) is 14.8 Å². The number of anilines is 1. The molecule has 0 bridgehead atoms. The van der Waals surface area contributed by atoms with Gasteiger partial charge in [0, 0.05) is 18.8 Å². The number of nitrogens with one attached hydrogen (secondary N) is 1. The van der Waals surface area contributed by atoms with E-state index < -0.39 is 10.0 Å². The number of hydrogen-bond donors (Lipinski definition) is 1. The summed E-state index contributed by atoms with van der Waals surface area (Å²) in [5.74, 6) is -0.398. The Morgan fingerprint density at radius 3 is 2.32 bits per heavy atom. The zero-order valence-corrected chi connectivity index (χ0v) is 17.1. The maximum atomic E-state index is 13.0. The SMILES string of the molecule is CCC(C(=O)Nc1cccc(S(=O)(=O)N2CCCCCC2)c1)c1ccccc1. The molecule has 2 aromatic carbocycles. The van der Waals surface area contributed by atoms with E-state index in [9.17, 15) is 13.2 Å². The fourth-order valence-electron chi connectivity index (χ4n) is 3.65. The summed E-state index contributed by atoms with van der Waals surface area (Å²) in [7, 11) is -3.54. The number of carbonyl (C=O) groups excluding carboxylic acids is 1. The van der Waals surface area contributed by atoms with Crippen LogP contribution in [0.1, 0.15) is 50.5 Å². The molecule has 0 spiro atoms. The van der Waals surface area contributed by atoms with Crippen molar-refractivity contribution in [3.63, 3.8) is 0 Å². The van der Waals surface area contributed by atoms with Gasteiger partial charge >= 0.3 is 0 Å². The summed E-state index contributed by atoms with van der Waals surface area (Å²) in [6.07, 6.45) is 4.59. The summed E-state index contributed by atoms with van der Waals surface area (Å²) in [6.45, 7) is 3.09. The van der Waals surface area contributed by atoms with Gasteiger partial charge in [0.15, 0.2) is 0 Å². The molecule has 28 heavy (non-hydrogen) atoms. The maximum Gasteiger partial charge on any atom is 0.243 e. The van der Waals surface area contributed by atoms with Crippen LogP contribution in [0.15, 0.2) is 59.5 Å². The second kappa shape index (κ2) is 9.34. The highest BCUT2D eigenvalue weighted by Crippen LogP contribution is 2.25. The zero-order valence-electron chi connectivity index (χ0n) is 16.3. The third-order valence-corrected chi connectivity index (χ3v) is 7.13. The molecule has 0 saturated carbocycles. The lowest BCUT2D eigenvalue weighted by atomic mass is 9.95. The van der Waals surface area contributed by atoms with Gasteiger partial charge in [0.25, 0.3) is 0 Å². The molecule has 1 atom stereocenters. The van der Waals surface area contributed by atoms with Gasteiger partial charge in [-0.1, -0.05) is 56.2 Å². The molecule has 6 heteroatoms. The van der Waals surface area contributed by atoms with Gasteiger partial charge in [-0.25, -0.2) is 8.42 Å². The van der Waals surface area contributed by atoms with E-state index in [0.717, 1.165) is 31.2 Å². The standard InChI is InChI=1S/C22H28N2O3S/c1-2-21(18-11-6-5-7-12-18)22(25)23-19-13-10-14-20(17-19)28(26,27)24-15-8-3-4-9-16-24/h5-7,10-14,17,21H,2-4,8-9,15-16H2,1H3,(H,23,25). The molecule has 1 aliphatic rings. The third-order valence-electron chi connectivity index (χ3n) is 5.23. The number of carbonyl (C=O) groups is 1. The van der Waals surface area contributed by atoms with Crippen LogP contribution in [0, 0.1) is 0 Å². The van der Waals surface area contributed by atoms with E-state index in [1.54, 1.807) is 28.6 Å². The van der Waals surface area contributed by atoms with Crippen LogP contribution in [0.3, 0.4) is 0 Å². The molecule has 150 valence electrons. The average Bonchev–Trinajstić information content (AvgIpc) is 3.00. The molecule has 2 aromatic rings. The number of rotatable bonds is 6. The van der Waals surface area contributed by atoms with Gasteiger partial charge in [-0.2, -0.15) is 4.31 Å². The Morgan fingerprint density at radius 2 is 1.68 bits per heavy atom. The van der Waals surface area contributed by atoms with Gasteiger partial charge in [-0.3, -0.25) is 4.79 Å². The molecule has 1 amide bonds. The van der Waals surface area contributed by atoms with E-state index in [1.165, 1.54) is 0 Å². The average molecular weight is 401 g/mol. The van der Waals surface area contributed by atoms with Crippen molar-refractivity contribution in [2.24, 2.45) is 0 Å². The van der Waals surface area contributed by atoms with Crippen molar-refractivity contribution < 1.29 is 13.2 Å². The Kier molecular flexibility index (Phi) is 6.86. The van der Waals surface area contributed by atoms with Crippen LogP contribution < -0.4 is 5.32 Å². The van der Waals surface area contributed by atoms with Crippen molar-refractivity contribution in [1.82, 2.24) is 4.31 Å². The Balaban J connectivity index is 1.78. The van der Waals surface area contributed by atoms with Crippen LogP contribution >= 0.6 is 0 Å². The predicted molar refractivity (Wildman–Crippen MR) is 112 cm³/mol. The molecule has 1 fully saturated rings. The molecule has 1 N–H and O–H groups in total. The van der Waals surface area contributed by atoms with Crippen molar-refractivity contribution >= 4 is 21.6 Å². The topological polar surface area (TPSA) is 66.5 Å². The normalized spacial score (nSPS) is 16.9. The highest BCUT2D eigenvalue weighted by molar-refractivity contribution is 7.89. The Bertz CT molecular complexity index is 889. The summed E-state index contributed by atoms with van der Waals surface area (Å²) in [4.78, 5) is 13.0. The molecule has 0 aromatic heterocycles. The minimum atomic E-state index is -3.54. The number of sulfonamides is 1. The summed E-state index contributed by atoms with van der Waals surface area (Å²) in [5.41, 5.74) is 1.46. The van der Waals surface area contributed by atoms with E-state index in [1.807, 2.05) is 37.3 Å². The molecule has 1 heterocycles. The summed E-state index contributed by atoms with van der Waals surface area (Å²) >= 11 is 0. The van der Waals surface area contributed by atoms with Gasteiger partial charge in [0.05, 0.1) is 10.8 Å². The smallest absolute Gasteiger partial charge is 0.243 e. The van der Waals surface area contributed by atoms with Gasteiger partial charge in [-0.15, -0.1) is 0 Å². The molecule has 0 aliphatic carbocycles. The van der Waals surface area contributed by atoms with Gasteiger partial charge in [0.1, 0.15) is 0 Å². The number of amides is 1. The highest BCUT2D eigenvalue weighted by Gasteiger charge is 2.26. The minimum Gasteiger partial charge on any atom is -0.326 e. The maximum absolute atomic E-state index is 13.0. The minimum absolute atomic E-state index is 0.127. The first-order valence-electron chi connectivity index (χ1n) is 9.98. The predicted octanol–water partition coefficient (Wildman–Crippen LogP) is 4.38. The first kappa shape index (κ1) is 20.6. The van der Waals surface area contributed by atoms with Crippen molar-refractivity contribution in [1.29, 1.82) is 0 Å². The fraction of sp³-hybridized carbons (Fsp3) is 0.409. The first-order chi connectivity index (χ1) is 13.5. The monoisotopic (exact) mass is 400 g/mol. The second-order valence-corrected chi connectivity index (χ2v) is 9.14. The Labute approximate surface area is 167 Å². The lowest BCUT2D eigenvalue weighted by molar-refractivity contribution is -0.117. The van der Waals surface area contributed by atoms with Crippen LogP contribution in [0.25, 0.3) is 0 Å². The van der Waals surface area contributed by atoms with E-state index >= 15 is 0 Å². The van der Waals surface area contributed by atoms with Crippen LogP contribution in [0.2, 0.25) is 0 Å². The number of hydrogen-bond acceptors (Lipinski definition) is 3. The lowest BCUT2D eigenvalue weighted by Gasteiger charge is -2.20. The molecular formula is C22H28N2O3S. The number of nitrogens with zero attached hydrogens (tertiary/aromatic N) is 1. The third kappa shape index (κ3) is 4.80. The van der Waals surface area contributed by atoms with Crippen molar-refractivity contribution in [2.75, 3.05) is 18.4 Å². The molecule has 1 unspecified atom stereocenters. The zero-order chi connectivity index (χ0) is 20.0. The molecule has 0 radical (unpaired) electrons. The highest BCUT2D eigenvalue weighted by atomic mass is 32.2. The second-order valence-electron chi connectivity index (χ2n) is 7.21. The van der Waals surface area contributed by atoms with Gasteiger partial charge in [0.2, 0.25) is 15.9 Å². The quantitative estimate of drug-likeness (QED) is 0.782. The first-order valence-corrected chi connectivity index (χ1v) is 11.4. The molecule has 1 saturated heterocycles. The molecule has 3 rings (SSSR count).